The smallest absolute Gasteiger partial charge is 0.123 e. The molecule has 1 aromatic heterocycles. The lowest BCUT2D eigenvalue weighted by molar-refractivity contribution is 0.231. The highest BCUT2D eigenvalue weighted by molar-refractivity contribution is 6.33. The highest BCUT2D eigenvalue weighted by Crippen LogP contribution is 2.30. The Labute approximate surface area is 197 Å². The lowest BCUT2D eigenvalue weighted by atomic mass is 9.99. The van der Waals surface area contributed by atoms with Crippen molar-refractivity contribution in [1.29, 1.82) is 0 Å². The molecule has 8 nitrogen and oxygen atoms in total. The van der Waals surface area contributed by atoms with Gasteiger partial charge in [0, 0.05) is 45.7 Å². The van der Waals surface area contributed by atoms with E-state index in [9.17, 15) is 4.39 Å². The topological polar surface area (TPSA) is 73.6 Å². The van der Waals surface area contributed by atoms with Gasteiger partial charge in [-0.15, -0.1) is 5.10 Å². The molecular formula is C23H28ClFN8. The number of hydrazone groups is 1. The third kappa shape index (κ3) is 4.40. The molecule has 1 atom stereocenters. The summed E-state index contributed by atoms with van der Waals surface area (Å²) >= 11 is 6.44. The van der Waals surface area contributed by atoms with E-state index in [1.807, 2.05) is 10.7 Å². The number of rotatable bonds is 5. The van der Waals surface area contributed by atoms with Crippen LogP contribution in [-0.2, 0) is 19.5 Å². The SMILES string of the molecule is C=C1NN=CC(N2CCc3c(nnn3[C@@H](C)c3ccc(F)cc3CN3CCNCC3)C2)=C1Cl. The van der Waals surface area contributed by atoms with Gasteiger partial charge in [0.05, 0.1) is 40.9 Å². The molecule has 2 N–H and O–H groups in total. The van der Waals surface area contributed by atoms with E-state index in [4.69, 9.17) is 11.6 Å². The van der Waals surface area contributed by atoms with Gasteiger partial charge in [0.2, 0.25) is 0 Å². The standard InChI is InChI=1S/C23H28ClFN8/c1-15-23(24)22(12-27-28-15)32-8-5-21-20(14-32)29-30-33(21)16(2)19-4-3-18(25)11-17(19)13-31-9-6-26-7-10-31/h3-4,11-12,16,26,28H,1,5-10,13-14H2,2H3/t16-/m0/s1. The van der Waals surface area contributed by atoms with Crippen LogP contribution in [0, 0.1) is 5.82 Å². The molecule has 3 aliphatic heterocycles. The van der Waals surface area contributed by atoms with Crippen molar-refractivity contribution in [3.8, 4) is 0 Å². The number of benzene rings is 1. The van der Waals surface area contributed by atoms with E-state index in [2.05, 4.69) is 49.5 Å². The van der Waals surface area contributed by atoms with Gasteiger partial charge in [0.1, 0.15) is 11.5 Å². The number of nitrogens with zero attached hydrogens (tertiary/aromatic N) is 6. The molecule has 33 heavy (non-hydrogen) atoms. The van der Waals surface area contributed by atoms with Gasteiger partial charge in [-0.05, 0) is 30.2 Å². The maximum atomic E-state index is 14.2. The predicted molar refractivity (Wildman–Crippen MR) is 126 cm³/mol. The Morgan fingerprint density at radius 2 is 2.06 bits per heavy atom. The summed E-state index contributed by atoms with van der Waals surface area (Å²) in [5, 5.41) is 17.1. The number of halogens is 2. The van der Waals surface area contributed by atoms with Crippen molar-refractivity contribution in [2.45, 2.75) is 32.5 Å². The van der Waals surface area contributed by atoms with Gasteiger partial charge in [-0.2, -0.15) is 5.10 Å². The fourth-order valence-corrected chi connectivity index (χ4v) is 4.97. The van der Waals surface area contributed by atoms with Gasteiger partial charge >= 0.3 is 0 Å². The third-order valence-electron chi connectivity index (χ3n) is 6.57. The molecule has 1 saturated heterocycles. The molecule has 5 rings (SSSR count). The van der Waals surface area contributed by atoms with Crippen LogP contribution >= 0.6 is 11.6 Å². The number of allylic oxidation sites excluding steroid dienone is 2. The summed E-state index contributed by atoms with van der Waals surface area (Å²) < 4.78 is 16.1. The number of nitrogens with one attached hydrogen (secondary N) is 2. The van der Waals surface area contributed by atoms with Crippen LogP contribution in [0.2, 0.25) is 0 Å². The van der Waals surface area contributed by atoms with Gasteiger partial charge in [-0.1, -0.05) is 29.5 Å². The summed E-state index contributed by atoms with van der Waals surface area (Å²) in [4.78, 5) is 4.51. The molecule has 0 unspecified atom stereocenters. The number of hydrogen-bond acceptors (Lipinski definition) is 7. The van der Waals surface area contributed by atoms with Crippen molar-refractivity contribution in [2.24, 2.45) is 5.10 Å². The summed E-state index contributed by atoms with van der Waals surface area (Å²) in [6.07, 6.45) is 2.50. The monoisotopic (exact) mass is 470 g/mol. The van der Waals surface area contributed by atoms with E-state index < -0.39 is 0 Å². The molecule has 174 valence electrons. The zero-order valence-corrected chi connectivity index (χ0v) is 19.4. The molecule has 1 aromatic carbocycles. The van der Waals surface area contributed by atoms with Gasteiger partial charge in [-0.3, -0.25) is 10.3 Å². The van der Waals surface area contributed by atoms with Crippen LogP contribution in [0.4, 0.5) is 4.39 Å². The van der Waals surface area contributed by atoms with E-state index in [0.717, 1.165) is 73.9 Å². The molecule has 0 radical (unpaired) electrons. The molecule has 0 aliphatic carbocycles. The third-order valence-corrected chi connectivity index (χ3v) is 6.99. The minimum Gasteiger partial charge on any atom is -0.363 e. The molecule has 0 bridgehead atoms. The fourth-order valence-electron chi connectivity index (χ4n) is 4.76. The van der Waals surface area contributed by atoms with Crippen LogP contribution in [0.1, 0.15) is 35.5 Å². The van der Waals surface area contributed by atoms with Gasteiger partial charge in [-0.25, -0.2) is 9.07 Å². The molecule has 4 heterocycles. The van der Waals surface area contributed by atoms with Crippen molar-refractivity contribution in [2.75, 3.05) is 32.7 Å². The summed E-state index contributed by atoms with van der Waals surface area (Å²) in [5.74, 6) is -0.206. The Hall–Kier alpha value is -2.75. The van der Waals surface area contributed by atoms with Gasteiger partial charge < -0.3 is 10.2 Å². The number of piperazine rings is 1. The van der Waals surface area contributed by atoms with Crippen LogP contribution in [0.25, 0.3) is 0 Å². The fraction of sp³-hybridized carbons (Fsp3) is 0.435. The van der Waals surface area contributed by atoms with E-state index in [1.165, 1.54) is 6.07 Å². The quantitative estimate of drug-likeness (QED) is 0.698. The lowest BCUT2D eigenvalue weighted by Crippen LogP contribution is -2.43. The second kappa shape index (κ2) is 9.24. The summed E-state index contributed by atoms with van der Waals surface area (Å²) in [5.41, 5.74) is 8.34. The number of hydrogen-bond donors (Lipinski definition) is 2. The van der Waals surface area contributed by atoms with Crippen molar-refractivity contribution in [3.05, 3.63) is 69.5 Å². The molecular weight excluding hydrogens is 443 g/mol. The Morgan fingerprint density at radius 1 is 1.24 bits per heavy atom. The molecule has 1 fully saturated rings. The first-order chi connectivity index (χ1) is 16.0. The largest absolute Gasteiger partial charge is 0.363 e. The normalized spacial score (nSPS) is 20.1. The Bertz CT molecular complexity index is 1120. The second-order valence-corrected chi connectivity index (χ2v) is 9.07. The number of aromatic nitrogens is 3. The van der Waals surface area contributed by atoms with Gasteiger partial charge in [0.15, 0.2) is 0 Å². The Balaban J connectivity index is 1.39. The van der Waals surface area contributed by atoms with E-state index in [-0.39, 0.29) is 11.9 Å². The molecule has 2 aromatic rings. The molecule has 0 saturated carbocycles. The molecule has 10 heteroatoms. The van der Waals surface area contributed by atoms with Crippen LogP contribution in [0.15, 0.2) is 46.3 Å². The van der Waals surface area contributed by atoms with Crippen LogP contribution in [0.3, 0.4) is 0 Å². The van der Waals surface area contributed by atoms with Crippen LogP contribution in [-0.4, -0.2) is 63.7 Å². The second-order valence-electron chi connectivity index (χ2n) is 8.69. The van der Waals surface area contributed by atoms with Crippen molar-refractivity contribution in [3.63, 3.8) is 0 Å². The zero-order chi connectivity index (χ0) is 22.9. The van der Waals surface area contributed by atoms with Crippen molar-refractivity contribution < 1.29 is 4.39 Å². The molecule has 0 amide bonds. The maximum Gasteiger partial charge on any atom is 0.123 e. The maximum absolute atomic E-state index is 14.2. The van der Waals surface area contributed by atoms with E-state index in [0.29, 0.717) is 17.3 Å². The minimum atomic E-state index is -0.206. The zero-order valence-electron chi connectivity index (χ0n) is 18.7. The van der Waals surface area contributed by atoms with E-state index in [1.54, 1.807) is 12.3 Å². The Morgan fingerprint density at radius 3 is 2.88 bits per heavy atom. The van der Waals surface area contributed by atoms with Crippen LogP contribution in [0.5, 0.6) is 0 Å². The average Bonchev–Trinajstić information content (AvgIpc) is 3.24. The summed E-state index contributed by atoms with van der Waals surface area (Å²) in [6.45, 7) is 12.0. The number of fused-ring (bicyclic) bond motifs is 1. The van der Waals surface area contributed by atoms with Crippen molar-refractivity contribution in [1.82, 2.24) is 35.5 Å². The lowest BCUT2D eigenvalue weighted by Gasteiger charge is -2.32. The predicted octanol–water partition coefficient (Wildman–Crippen LogP) is 2.34. The first kappa shape index (κ1) is 22.1. The van der Waals surface area contributed by atoms with E-state index >= 15 is 0 Å². The first-order valence-corrected chi connectivity index (χ1v) is 11.7. The van der Waals surface area contributed by atoms with Crippen molar-refractivity contribution >= 4 is 17.8 Å². The molecule has 3 aliphatic rings. The highest BCUT2D eigenvalue weighted by Gasteiger charge is 2.28. The minimum absolute atomic E-state index is 0.0469. The summed E-state index contributed by atoms with van der Waals surface area (Å²) in [7, 11) is 0. The Kier molecular flexibility index (Phi) is 6.18. The van der Waals surface area contributed by atoms with Crippen LogP contribution < -0.4 is 10.7 Å². The highest BCUT2D eigenvalue weighted by atomic mass is 35.5. The first-order valence-electron chi connectivity index (χ1n) is 11.3. The van der Waals surface area contributed by atoms with Gasteiger partial charge in [0.25, 0.3) is 0 Å². The molecule has 0 spiro atoms. The average molecular weight is 471 g/mol. The summed E-state index contributed by atoms with van der Waals surface area (Å²) in [6, 6.07) is 5.05.